The second-order valence-electron chi connectivity index (χ2n) is 6.44. The molecular formula is C21H19N3O2S. The molecule has 5 nitrogen and oxygen atoms in total. The summed E-state index contributed by atoms with van der Waals surface area (Å²) in [5, 5.41) is 5.03. The number of nitrogens with zero attached hydrogens (tertiary/aromatic N) is 3. The van der Waals surface area contributed by atoms with Gasteiger partial charge < -0.3 is 9.42 Å². The van der Waals surface area contributed by atoms with Gasteiger partial charge in [0.2, 0.25) is 0 Å². The van der Waals surface area contributed by atoms with Crippen LogP contribution >= 0.6 is 11.3 Å². The summed E-state index contributed by atoms with van der Waals surface area (Å²) in [4.78, 5) is 19.6. The van der Waals surface area contributed by atoms with Crippen molar-refractivity contribution in [3.05, 3.63) is 70.9 Å². The maximum atomic E-state index is 13.3. The van der Waals surface area contributed by atoms with Crippen molar-refractivity contribution in [2.24, 2.45) is 0 Å². The van der Waals surface area contributed by atoms with Crippen LogP contribution in [-0.4, -0.2) is 28.0 Å². The third kappa shape index (κ3) is 3.13. The van der Waals surface area contributed by atoms with Crippen LogP contribution in [0, 0.1) is 6.92 Å². The third-order valence-corrected chi connectivity index (χ3v) is 5.90. The van der Waals surface area contributed by atoms with Crippen LogP contribution in [0.4, 0.5) is 0 Å². The summed E-state index contributed by atoms with van der Waals surface area (Å²) in [6, 6.07) is 17.4. The standard InChI is InChI=1S/C21H19N3O2S/c1-13(20-22-16-11-7-8-12-17(16)27-20)24(3)21(25)18-14(2)26-23-19(18)15-9-5-4-6-10-15/h4-13H,1-3H3/t13-/m0/s1. The Hall–Kier alpha value is -2.99. The van der Waals surface area contributed by atoms with Gasteiger partial charge in [0.05, 0.1) is 16.3 Å². The van der Waals surface area contributed by atoms with Crippen molar-refractivity contribution < 1.29 is 9.32 Å². The number of thiazole rings is 1. The average molecular weight is 377 g/mol. The van der Waals surface area contributed by atoms with E-state index in [1.165, 1.54) is 0 Å². The van der Waals surface area contributed by atoms with Gasteiger partial charge in [-0.1, -0.05) is 47.6 Å². The molecule has 136 valence electrons. The highest BCUT2D eigenvalue weighted by Crippen LogP contribution is 2.32. The second kappa shape index (κ2) is 6.96. The average Bonchev–Trinajstić information content (AvgIpc) is 3.30. The van der Waals surface area contributed by atoms with Crippen molar-refractivity contribution in [1.29, 1.82) is 0 Å². The molecule has 0 aliphatic heterocycles. The number of hydrogen-bond donors (Lipinski definition) is 0. The molecule has 2 heterocycles. The molecule has 0 saturated carbocycles. The summed E-state index contributed by atoms with van der Waals surface area (Å²) < 4.78 is 6.46. The molecule has 2 aromatic carbocycles. The van der Waals surface area contributed by atoms with E-state index in [2.05, 4.69) is 10.1 Å². The van der Waals surface area contributed by atoms with Crippen LogP contribution in [-0.2, 0) is 0 Å². The summed E-state index contributed by atoms with van der Waals surface area (Å²) in [7, 11) is 1.79. The number of rotatable bonds is 4. The van der Waals surface area contributed by atoms with Crippen LogP contribution in [0.25, 0.3) is 21.5 Å². The van der Waals surface area contributed by atoms with Crippen LogP contribution in [0.3, 0.4) is 0 Å². The van der Waals surface area contributed by atoms with E-state index in [1.807, 2.05) is 61.5 Å². The Labute approximate surface area is 161 Å². The topological polar surface area (TPSA) is 59.2 Å². The first-order chi connectivity index (χ1) is 13.1. The van der Waals surface area contributed by atoms with E-state index in [1.54, 1.807) is 30.2 Å². The highest BCUT2D eigenvalue weighted by atomic mass is 32.1. The van der Waals surface area contributed by atoms with Gasteiger partial charge in [0.1, 0.15) is 22.0 Å². The first-order valence-corrected chi connectivity index (χ1v) is 9.52. The molecule has 4 rings (SSSR count). The lowest BCUT2D eigenvalue weighted by molar-refractivity contribution is 0.0741. The zero-order valence-electron chi connectivity index (χ0n) is 15.3. The van der Waals surface area contributed by atoms with Crippen LogP contribution in [0.5, 0.6) is 0 Å². The SMILES string of the molecule is Cc1onc(-c2ccccc2)c1C(=O)N(C)[C@@H](C)c1nc2ccccc2s1. The molecule has 6 heteroatoms. The number of amides is 1. The Kier molecular flexibility index (Phi) is 4.49. The Morgan fingerprint density at radius 1 is 1.11 bits per heavy atom. The summed E-state index contributed by atoms with van der Waals surface area (Å²) in [5.74, 6) is 0.390. The van der Waals surface area contributed by atoms with Gasteiger partial charge in [-0.25, -0.2) is 4.98 Å². The third-order valence-electron chi connectivity index (χ3n) is 4.69. The van der Waals surface area contributed by atoms with Gasteiger partial charge in [-0.2, -0.15) is 0 Å². The van der Waals surface area contributed by atoms with Gasteiger partial charge in [-0.05, 0) is 26.0 Å². The van der Waals surface area contributed by atoms with E-state index in [0.717, 1.165) is 20.8 Å². The number of para-hydroxylation sites is 1. The highest BCUT2D eigenvalue weighted by Gasteiger charge is 2.28. The smallest absolute Gasteiger partial charge is 0.260 e. The van der Waals surface area contributed by atoms with Gasteiger partial charge in [0.15, 0.2) is 0 Å². The van der Waals surface area contributed by atoms with Gasteiger partial charge in [-0.15, -0.1) is 11.3 Å². The second-order valence-corrected chi connectivity index (χ2v) is 7.50. The largest absolute Gasteiger partial charge is 0.360 e. The van der Waals surface area contributed by atoms with Crippen molar-refractivity contribution in [2.75, 3.05) is 7.05 Å². The maximum absolute atomic E-state index is 13.3. The number of aromatic nitrogens is 2. The van der Waals surface area contributed by atoms with Crippen molar-refractivity contribution in [3.63, 3.8) is 0 Å². The zero-order valence-corrected chi connectivity index (χ0v) is 16.2. The van der Waals surface area contributed by atoms with E-state index >= 15 is 0 Å². The lowest BCUT2D eigenvalue weighted by atomic mass is 10.0. The molecule has 2 aromatic heterocycles. The molecule has 0 spiro atoms. The van der Waals surface area contributed by atoms with Gasteiger partial charge >= 0.3 is 0 Å². The molecule has 1 atom stereocenters. The normalized spacial score (nSPS) is 12.3. The molecule has 27 heavy (non-hydrogen) atoms. The molecule has 0 aliphatic carbocycles. The van der Waals surface area contributed by atoms with E-state index in [4.69, 9.17) is 4.52 Å². The molecular weight excluding hydrogens is 358 g/mol. The van der Waals surface area contributed by atoms with Crippen molar-refractivity contribution in [2.45, 2.75) is 19.9 Å². The summed E-state index contributed by atoms with van der Waals surface area (Å²) >= 11 is 1.61. The van der Waals surface area contributed by atoms with Crippen molar-refractivity contribution in [3.8, 4) is 11.3 Å². The maximum Gasteiger partial charge on any atom is 0.260 e. The molecule has 1 amide bonds. The minimum Gasteiger partial charge on any atom is -0.360 e. The fourth-order valence-corrected chi connectivity index (χ4v) is 4.07. The minimum absolute atomic E-state index is 0.126. The van der Waals surface area contributed by atoms with E-state index in [-0.39, 0.29) is 11.9 Å². The van der Waals surface area contributed by atoms with Crippen molar-refractivity contribution in [1.82, 2.24) is 15.0 Å². The number of fused-ring (bicyclic) bond motifs is 1. The molecule has 0 saturated heterocycles. The minimum atomic E-state index is -0.159. The Morgan fingerprint density at radius 3 is 2.56 bits per heavy atom. The first kappa shape index (κ1) is 17.4. The van der Waals surface area contributed by atoms with E-state index in [9.17, 15) is 4.79 Å². The van der Waals surface area contributed by atoms with Crippen LogP contribution in [0.2, 0.25) is 0 Å². The monoisotopic (exact) mass is 377 g/mol. The van der Waals surface area contributed by atoms with Crippen LogP contribution in [0.1, 0.15) is 34.1 Å². The van der Waals surface area contributed by atoms with Crippen LogP contribution in [0.15, 0.2) is 59.1 Å². The lowest BCUT2D eigenvalue weighted by Crippen LogP contribution is -2.30. The Balaban J connectivity index is 1.67. The molecule has 0 fully saturated rings. The molecule has 0 radical (unpaired) electrons. The quantitative estimate of drug-likeness (QED) is 0.497. The number of carbonyl (C=O) groups is 1. The van der Waals surface area contributed by atoms with Gasteiger partial charge in [0, 0.05) is 12.6 Å². The van der Waals surface area contributed by atoms with Crippen molar-refractivity contribution >= 4 is 27.5 Å². The number of aryl methyl sites for hydroxylation is 1. The number of hydrogen-bond acceptors (Lipinski definition) is 5. The fraction of sp³-hybridized carbons (Fsp3) is 0.190. The number of carbonyl (C=O) groups excluding carboxylic acids is 1. The molecule has 0 unspecified atom stereocenters. The summed E-state index contributed by atoms with van der Waals surface area (Å²) in [6.07, 6.45) is 0. The van der Waals surface area contributed by atoms with E-state index < -0.39 is 0 Å². The Morgan fingerprint density at radius 2 is 1.81 bits per heavy atom. The molecule has 0 bridgehead atoms. The summed E-state index contributed by atoms with van der Waals surface area (Å²) in [6.45, 7) is 3.75. The zero-order chi connectivity index (χ0) is 19.0. The highest BCUT2D eigenvalue weighted by molar-refractivity contribution is 7.18. The predicted octanol–water partition coefficient (Wildman–Crippen LogP) is 5.09. The van der Waals surface area contributed by atoms with Gasteiger partial charge in [0.25, 0.3) is 5.91 Å². The van der Waals surface area contributed by atoms with E-state index in [0.29, 0.717) is 17.0 Å². The van der Waals surface area contributed by atoms with Gasteiger partial charge in [-0.3, -0.25) is 4.79 Å². The molecule has 0 N–H and O–H groups in total. The first-order valence-electron chi connectivity index (χ1n) is 8.70. The Bertz CT molecular complexity index is 1070. The summed E-state index contributed by atoms with van der Waals surface area (Å²) in [5.41, 5.74) is 2.88. The van der Waals surface area contributed by atoms with Crippen LogP contribution < -0.4 is 0 Å². The number of benzene rings is 2. The predicted molar refractivity (Wildman–Crippen MR) is 107 cm³/mol. The molecule has 4 aromatic rings. The fourth-order valence-electron chi connectivity index (χ4n) is 3.00. The molecule has 0 aliphatic rings. The lowest BCUT2D eigenvalue weighted by Gasteiger charge is -2.23.